The second-order valence-corrected chi connectivity index (χ2v) is 8.53. The zero-order valence-electron chi connectivity index (χ0n) is 15.2. The number of benzene rings is 1. The lowest BCUT2D eigenvalue weighted by atomic mass is 10.1. The third kappa shape index (κ3) is 3.52. The number of sulfonamides is 1. The predicted octanol–water partition coefficient (Wildman–Crippen LogP) is 2.22. The number of aromatic nitrogens is 2. The van der Waals surface area contributed by atoms with Gasteiger partial charge in [0, 0.05) is 26.2 Å². The summed E-state index contributed by atoms with van der Waals surface area (Å²) in [4.78, 5) is 2.52. The smallest absolute Gasteiger partial charge is 0.243 e. The van der Waals surface area contributed by atoms with Crippen molar-refractivity contribution >= 4 is 15.8 Å². The molecular weight excluding hydrogens is 336 g/mol. The van der Waals surface area contributed by atoms with Gasteiger partial charge in [-0.25, -0.2) is 8.42 Å². The van der Waals surface area contributed by atoms with Gasteiger partial charge in [0.2, 0.25) is 10.0 Å². The van der Waals surface area contributed by atoms with Crippen LogP contribution in [0.25, 0.3) is 0 Å². The molecule has 2 aromatic rings. The van der Waals surface area contributed by atoms with Gasteiger partial charge in [-0.05, 0) is 51.0 Å². The van der Waals surface area contributed by atoms with Crippen LogP contribution in [0.4, 0.5) is 5.82 Å². The Morgan fingerprint density at radius 1 is 0.880 bits per heavy atom. The Labute approximate surface area is 149 Å². The van der Waals surface area contributed by atoms with Crippen LogP contribution in [-0.2, 0) is 10.0 Å². The first-order valence-electron chi connectivity index (χ1n) is 8.42. The number of piperazine rings is 1. The summed E-state index contributed by atoms with van der Waals surface area (Å²) in [5.41, 5.74) is 3.57. The minimum Gasteiger partial charge on any atom is -0.352 e. The predicted molar refractivity (Wildman–Crippen MR) is 98.4 cm³/mol. The molecule has 0 unspecified atom stereocenters. The van der Waals surface area contributed by atoms with Gasteiger partial charge in [0.25, 0.3) is 0 Å². The average Bonchev–Trinajstić information content (AvgIpc) is 2.54. The van der Waals surface area contributed by atoms with Crippen LogP contribution in [-0.4, -0.2) is 49.1 Å². The van der Waals surface area contributed by atoms with Crippen LogP contribution in [0, 0.1) is 27.7 Å². The number of hydrogen-bond donors (Lipinski definition) is 0. The molecule has 1 fully saturated rings. The summed E-state index contributed by atoms with van der Waals surface area (Å²) in [6.45, 7) is 9.73. The van der Waals surface area contributed by atoms with E-state index in [0.29, 0.717) is 31.1 Å². The first-order chi connectivity index (χ1) is 11.8. The highest BCUT2D eigenvalue weighted by atomic mass is 32.2. The van der Waals surface area contributed by atoms with Gasteiger partial charge >= 0.3 is 0 Å². The van der Waals surface area contributed by atoms with Crippen molar-refractivity contribution in [3.8, 4) is 0 Å². The molecule has 7 heteroatoms. The first-order valence-corrected chi connectivity index (χ1v) is 9.86. The molecule has 1 aromatic heterocycles. The van der Waals surface area contributed by atoms with Crippen molar-refractivity contribution in [2.45, 2.75) is 32.6 Å². The van der Waals surface area contributed by atoms with E-state index in [1.165, 1.54) is 0 Å². The molecule has 2 heterocycles. The largest absolute Gasteiger partial charge is 0.352 e. The second-order valence-electron chi connectivity index (χ2n) is 6.65. The van der Waals surface area contributed by atoms with Crippen molar-refractivity contribution in [3.63, 3.8) is 0 Å². The summed E-state index contributed by atoms with van der Waals surface area (Å²) < 4.78 is 27.8. The standard InChI is InChI=1S/C18H24N4O2S/c1-13-11-14(2)18(15(3)12-13)25(23,24)22-9-7-21(8-10-22)17-6-5-16(4)19-20-17/h5-6,11-12H,7-10H2,1-4H3. The van der Waals surface area contributed by atoms with E-state index in [4.69, 9.17) is 0 Å². The van der Waals surface area contributed by atoms with Gasteiger partial charge in [-0.1, -0.05) is 17.7 Å². The lowest BCUT2D eigenvalue weighted by Crippen LogP contribution is -2.49. The van der Waals surface area contributed by atoms with Gasteiger partial charge in [0.15, 0.2) is 5.82 Å². The van der Waals surface area contributed by atoms with E-state index in [1.54, 1.807) is 4.31 Å². The van der Waals surface area contributed by atoms with Crippen LogP contribution < -0.4 is 4.90 Å². The van der Waals surface area contributed by atoms with Gasteiger partial charge < -0.3 is 4.90 Å². The third-order valence-electron chi connectivity index (χ3n) is 4.55. The number of anilines is 1. The number of hydrogen-bond acceptors (Lipinski definition) is 5. The average molecular weight is 360 g/mol. The minimum atomic E-state index is -3.48. The Bertz CT molecular complexity index is 847. The minimum absolute atomic E-state index is 0.446. The van der Waals surface area contributed by atoms with Crippen molar-refractivity contribution in [2.24, 2.45) is 0 Å². The van der Waals surface area contributed by atoms with Crippen LogP contribution >= 0.6 is 0 Å². The van der Waals surface area contributed by atoms with Gasteiger partial charge in [0.1, 0.15) is 0 Å². The molecule has 134 valence electrons. The highest BCUT2D eigenvalue weighted by Crippen LogP contribution is 2.26. The number of nitrogens with zero attached hydrogens (tertiary/aromatic N) is 4. The lowest BCUT2D eigenvalue weighted by molar-refractivity contribution is 0.383. The molecule has 1 aromatic carbocycles. The highest BCUT2D eigenvalue weighted by molar-refractivity contribution is 7.89. The van der Waals surface area contributed by atoms with E-state index >= 15 is 0 Å². The van der Waals surface area contributed by atoms with Crippen molar-refractivity contribution in [1.29, 1.82) is 0 Å². The molecular formula is C18H24N4O2S. The van der Waals surface area contributed by atoms with Gasteiger partial charge in [-0.2, -0.15) is 9.40 Å². The molecule has 0 N–H and O–H groups in total. The van der Waals surface area contributed by atoms with Crippen LogP contribution in [0.3, 0.4) is 0 Å². The molecule has 1 saturated heterocycles. The van der Waals surface area contributed by atoms with Crippen molar-refractivity contribution < 1.29 is 8.42 Å². The molecule has 0 amide bonds. The van der Waals surface area contributed by atoms with E-state index in [0.717, 1.165) is 28.2 Å². The SMILES string of the molecule is Cc1cc(C)c(S(=O)(=O)N2CCN(c3ccc(C)nn3)CC2)c(C)c1. The van der Waals surface area contributed by atoms with E-state index in [9.17, 15) is 8.42 Å². The van der Waals surface area contributed by atoms with E-state index in [1.807, 2.05) is 52.0 Å². The molecule has 0 bridgehead atoms. The third-order valence-corrected chi connectivity index (χ3v) is 6.75. The van der Waals surface area contributed by atoms with E-state index < -0.39 is 10.0 Å². The molecule has 0 spiro atoms. The molecule has 3 rings (SSSR count). The quantitative estimate of drug-likeness (QED) is 0.840. The molecule has 6 nitrogen and oxygen atoms in total. The van der Waals surface area contributed by atoms with E-state index in [-0.39, 0.29) is 0 Å². The molecule has 0 aliphatic carbocycles. The summed E-state index contributed by atoms with van der Waals surface area (Å²) in [5.74, 6) is 0.797. The molecule has 0 saturated carbocycles. The van der Waals surface area contributed by atoms with Crippen molar-refractivity contribution in [2.75, 3.05) is 31.1 Å². The maximum atomic E-state index is 13.1. The first kappa shape index (κ1) is 17.8. The van der Waals surface area contributed by atoms with Gasteiger partial charge in [0.05, 0.1) is 10.6 Å². The molecule has 0 atom stereocenters. The maximum absolute atomic E-state index is 13.1. The van der Waals surface area contributed by atoms with Gasteiger partial charge in [-0.15, -0.1) is 5.10 Å². The monoisotopic (exact) mass is 360 g/mol. The fourth-order valence-electron chi connectivity index (χ4n) is 3.42. The zero-order chi connectivity index (χ0) is 18.2. The van der Waals surface area contributed by atoms with Crippen LogP contribution in [0.1, 0.15) is 22.4 Å². The summed E-state index contributed by atoms with van der Waals surface area (Å²) >= 11 is 0. The van der Waals surface area contributed by atoms with E-state index in [2.05, 4.69) is 15.1 Å². The highest BCUT2D eigenvalue weighted by Gasteiger charge is 2.31. The lowest BCUT2D eigenvalue weighted by Gasteiger charge is -2.35. The molecule has 1 aliphatic rings. The zero-order valence-corrected chi connectivity index (χ0v) is 16.0. The van der Waals surface area contributed by atoms with Crippen molar-refractivity contribution in [3.05, 3.63) is 46.6 Å². The topological polar surface area (TPSA) is 66.4 Å². The van der Waals surface area contributed by atoms with Crippen LogP contribution in [0.2, 0.25) is 0 Å². The van der Waals surface area contributed by atoms with Gasteiger partial charge in [-0.3, -0.25) is 0 Å². The summed E-state index contributed by atoms with van der Waals surface area (Å²) in [6.07, 6.45) is 0. The second kappa shape index (κ2) is 6.72. The Kier molecular flexibility index (Phi) is 4.79. The van der Waals surface area contributed by atoms with Crippen LogP contribution in [0.5, 0.6) is 0 Å². The fraction of sp³-hybridized carbons (Fsp3) is 0.444. The fourth-order valence-corrected chi connectivity index (χ4v) is 5.25. The summed E-state index contributed by atoms with van der Waals surface area (Å²) in [6, 6.07) is 7.71. The number of rotatable bonds is 3. The normalized spacial score (nSPS) is 16.2. The summed E-state index contributed by atoms with van der Waals surface area (Å²) in [7, 11) is -3.48. The summed E-state index contributed by atoms with van der Waals surface area (Å²) in [5, 5.41) is 8.27. The Morgan fingerprint density at radius 3 is 2.00 bits per heavy atom. The Balaban J connectivity index is 1.79. The van der Waals surface area contributed by atoms with Crippen LogP contribution in [0.15, 0.2) is 29.2 Å². The molecule has 25 heavy (non-hydrogen) atoms. The Morgan fingerprint density at radius 2 is 1.48 bits per heavy atom. The molecule has 1 aliphatic heterocycles. The Hall–Kier alpha value is -1.99. The maximum Gasteiger partial charge on any atom is 0.243 e. The van der Waals surface area contributed by atoms with Crippen molar-refractivity contribution in [1.82, 2.24) is 14.5 Å². The molecule has 0 radical (unpaired) electrons. The number of aryl methyl sites for hydroxylation is 4.